The highest BCUT2D eigenvalue weighted by Gasteiger charge is 2.23. The van der Waals surface area contributed by atoms with Crippen LogP contribution in [-0.4, -0.2) is 13.1 Å². The maximum absolute atomic E-state index is 3.48. The molecule has 0 amide bonds. The first-order valence-corrected chi connectivity index (χ1v) is 7.00. The van der Waals surface area contributed by atoms with Crippen molar-refractivity contribution in [2.24, 2.45) is 5.92 Å². The van der Waals surface area contributed by atoms with Gasteiger partial charge < -0.3 is 5.32 Å². The Bertz CT molecular complexity index is 320. The molecular weight excluding hydrogens is 262 g/mol. The van der Waals surface area contributed by atoms with Gasteiger partial charge in [-0.05, 0) is 49.9 Å². The van der Waals surface area contributed by atoms with Gasteiger partial charge in [-0.2, -0.15) is 0 Å². The molecule has 1 aromatic rings. The fourth-order valence-electron chi connectivity index (χ4n) is 2.76. The topological polar surface area (TPSA) is 12.0 Å². The van der Waals surface area contributed by atoms with Crippen LogP contribution in [0.3, 0.4) is 0 Å². The lowest BCUT2D eigenvalue weighted by Crippen LogP contribution is -2.37. The summed E-state index contributed by atoms with van der Waals surface area (Å²) in [4.78, 5) is 0. The summed E-state index contributed by atoms with van der Waals surface area (Å²) in [6.07, 6.45) is 6.74. The molecular formula is C14H20BrN. The van der Waals surface area contributed by atoms with E-state index >= 15 is 0 Å². The summed E-state index contributed by atoms with van der Waals surface area (Å²) < 4.78 is 1.17. The Morgan fingerprint density at radius 3 is 2.56 bits per heavy atom. The molecule has 16 heavy (non-hydrogen) atoms. The van der Waals surface area contributed by atoms with E-state index in [9.17, 15) is 0 Å². The van der Waals surface area contributed by atoms with Crippen LogP contribution in [0.1, 0.15) is 31.2 Å². The molecule has 1 aromatic carbocycles. The molecule has 2 atom stereocenters. The molecule has 88 valence electrons. The first kappa shape index (κ1) is 12.1. The lowest BCUT2D eigenvalue weighted by molar-refractivity contribution is 0.273. The maximum atomic E-state index is 3.48. The highest BCUT2D eigenvalue weighted by atomic mass is 79.9. The van der Waals surface area contributed by atoms with E-state index < -0.39 is 0 Å². The second-order valence-corrected chi connectivity index (χ2v) is 5.69. The van der Waals surface area contributed by atoms with Crippen molar-refractivity contribution >= 4 is 15.9 Å². The number of benzene rings is 1. The van der Waals surface area contributed by atoms with Crippen molar-refractivity contribution in [3.63, 3.8) is 0 Å². The molecule has 1 fully saturated rings. The van der Waals surface area contributed by atoms with Crippen molar-refractivity contribution in [1.29, 1.82) is 0 Å². The van der Waals surface area contributed by atoms with Crippen molar-refractivity contribution < 1.29 is 0 Å². The second-order valence-electron chi connectivity index (χ2n) is 4.77. The Morgan fingerprint density at radius 2 is 1.88 bits per heavy atom. The molecule has 2 heteroatoms. The van der Waals surface area contributed by atoms with Crippen LogP contribution in [0.5, 0.6) is 0 Å². The van der Waals surface area contributed by atoms with Gasteiger partial charge in [0.25, 0.3) is 0 Å². The normalized spacial score (nSPS) is 25.6. The number of hydrogen-bond acceptors (Lipinski definition) is 1. The van der Waals surface area contributed by atoms with E-state index in [1.807, 2.05) is 0 Å². The van der Waals surface area contributed by atoms with Crippen molar-refractivity contribution in [3.05, 3.63) is 34.3 Å². The minimum Gasteiger partial charge on any atom is -0.317 e. The van der Waals surface area contributed by atoms with Crippen LogP contribution in [-0.2, 0) is 6.42 Å². The molecule has 0 aliphatic heterocycles. The molecule has 1 nitrogen and oxygen atoms in total. The van der Waals surface area contributed by atoms with Gasteiger partial charge in [0.15, 0.2) is 0 Å². The summed E-state index contributed by atoms with van der Waals surface area (Å²) in [5, 5.41) is 3.48. The predicted octanol–water partition coefficient (Wildman–Crippen LogP) is 3.77. The third kappa shape index (κ3) is 3.08. The molecule has 0 heterocycles. The van der Waals surface area contributed by atoms with Gasteiger partial charge in [-0.25, -0.2) is 0 Å². The molecule has 0 saturated heterocycles. The molecule has 0 aromatic heterocycles. The smallest absolute Gasteiger partial charge is 0.0175 e. The minimum absolute atomic E-state index is 0.720. The molecule has 1 N–H and O–H groups in total. The van der Waals surface area contributed by atoms with Crippen molar-refractivity contribution in [3.8, 4) is 0 Å². The van der Waals surface area contributed by atoms with E-state index in [0.29, 0.717) is 0 Å². The Balaban J connectivity index is 1.99. The molecule has 1 aliphatic carbocycles. The molecule has 0 bridgehead atoms. The first-order chi connectivity index (χ1) is 7.79. The average molecular weight is 282 g/mol. The van der Waals surface area contributed by atoms with Crippen molar-refractivity contribution in [1.82, 2.24) is 5.32 Å². The summed E-state index contributed by atoms with van der Waals surface area (Å²) in [6.45, 7) is 0. The standard InChI is InChI=1S/C14H20BrN/c1-16-14-5-3-2-4-12(14)10-11-6-8-13(15)9-7-11/h6-9,12,14,16H,2-5,10H2,1H3. The number of nitrogens with one attached hydrogen (secondary N) is 1. The third-order valence-corrected chi connectivity index (χ3v) is 4.22. The van der Waals surface area contributed by atoms with E-state index in [2.05, 4.69) is 52.6 Å². The van der Waals surface area contributed by atoms with Crippen LogP contribution in [0, 0.1) is 5.92 Å². The van der Waals surface area contributed by atoms with Crippen LogP contribution in [0.2, 0.25) is 0 Å². The fraction of sp³-hybridized carbons (Fsp3) is 0.571. The lowest BCUT2D eigenvalue weighted by Gasteiger charge is -2.31. The van der Waals surface area contributed by atoms with Gasteiger partial charge in [0.2, 0.25) is 0 Å². The van der Waals surface area contributed by atoms with E-state index in [4.69, 9.17) is 0 Å². The maximum Gasteiger partial charge on any atom is 0.0175 e. The monoisotopic (exact) mass is 281 g/mol. The Morgan fingerprint density at radius 1 is 1.19 bits per heavy atom. The molecule has 0 spiro atoms. The number of hydrogen-bond donors (Lipinski definition) is 1. The first-order valence-electron chi connectivity index (χ1n) is 6.21. The highest BCUT2D eigenvalue weighted by Crippen LogP contribution is 2.27. The molecule has 2 rings (SSSR count). The second kappa shape index (κ2) is 5.83. The zero-order chi connectivity index (χ0) is 11.4. The summed E-state index contributed by atoms with van der Waals surface area (Å²) in [5.41, 5.74) is 1.47. The van der Waals surface area contributed by atoms with E-state index in [1.54, 1.807) is 0 Å². The van der Waals surface area contributed by atoms with Crippen molar-refractivity contribution in [2.75, 3.05) is 7.05 Å². The summed E-state index contributed by atoms with van der Waals surface area (Å²) in [5.74, 6) is 0.819. The fourth-order valence-corrected chi connectivity index (χ4v) is 3.02. The van der Waals surface area contributed by atoms with E-state index in [-0.39, 0.29) is 0 Å². The highest BCUT2D eigenvalue weighted by molar-refractivity contribution is 9.10. The average Bonchev–Trinajstić information content (AvgIpc) is 2.33. The van der Waals surface area contributed by atoms with Crippen LogP contribution in [0.15, 0.2) is 28.7 Å². The zero-order valence-corrected chi connectivity index (χ0v) is 11.5. The number of rotatable bonds is 3. The van der Waals surface area contributed by atoms with Gasteiger partial charge in [0, 0.05) is 10.5 Å². The van der Waals surface area contributed by atoms with Crippen LogP contribution < -0.4 is 5.32 Å². The van der Waals surface area contributed by atoms with Gasteiger partial charge in [-0.15, -0.1) is 0 Å². The SMILES string of the molecule is CNC1CCCCC1Cc1ccc(Br)cc1. The van der Waals surface area contributed by atoms with Gasteiger partial charge >= 0.3 is 0 Å². The molecule has 2 unspecified atom stereocenters. The molecule has 0 radical (unpaired) electrons. The Hall–Kier alpha value is -0.340. The largest absolute Gasteiger partial charge is 0.317 e. The zero-order valence-electron chi connectivity index (χ0n) is 9.88. The number of halogens is 1. The van der Waals surface area contributed by atoms with Gasteiger partial charge in [0.1, 0.15) is 0 Å². The van der Waals surface area contributed by atoms with Gasteiger partial charge in [0.05, 0.1) is 0 Å². The Kier molecular flexibility index (Phi) is 4.42. The van der Waals surface area contributed by atoms with Crippen LogP contribution in [0.25, 0.3) is 0 Å². The predicted molar refractivity (Wildman–Crippen MR) is 72.7 cm³/mol. The molecule has 1 saturated carbocycles. The van der Waals surface area contributed by atoms with Crippen molar-refractivity contribution in [2.45, 2.75) is 38.1 Å². The van der Waals surface area contributed by atoms with Crippen LogP contribution >= 0.6 is 15.9 Å². The quantitative estimate of drug-likeness (QED) is 0.890. The van der Waals surface area contributed by atoms with Crippen LogP contribution in [0.4, 0.5) is 0 Å². The lowest BCUT2D eigenvalue weighted by atomic mass is 9.81. The van der Waals surface area contributed by atoms with Gasteiger partial charge in [-0.3, -0.25) is 0 Å². The summed E-state index contributed by atoms with van der Waals surface area (Å²) in [7, 11) is 2.10. The summed E-state index contributed by atoms with van der Waals surface area (Å²) >= 11 is 3.48. The minimum atomic E-state index is 0.720. The van der Waals surface area contributed by atoms with E-state index in [0.717, 1.165) is 12.0 Å². The summed E-state index contributed by atoms with van der Waals surface area (Å²) in [6, 6.07) is 9.49. The third-order valence-electron chi connectivity index (χ3n) is 3.69. The van der Waals surface area contributed by atoms with Gasteiger partial charge in [-0.1, -0.05) is 40.9 Å². The Labute approximate surface area is 107 Å². The van der Waals surface area contributed by atoms with E-state index in [1.165, 1.54) is 42.1 Å². The molecule has 1 aliphatic rings.